The minimum Gasteiger partial charge on any atom is -0.490 e. The Morgan fingerprint density at radius 2 is 1.68 bits per heavy atom. The normalized spacial score (nSPS) is 14.8. The molecule has 0 aromatic heterocycles. The maximum Gasteiger partial charge on any atom is 0.270 e. The first-order valence-electron chi connectivity index (χ1n) is 10.9. The van der Waals surface area contributed by atoms with Crippen LogP contribution in [0.1, 0.15) is 23.6 Å². The molecule has 0 unspecified atom stereocenters. The van der Waals surface area contributed by atoms with Gasteiger partial charge in [0.25, 0.3) is 11.8 Å². The Morgan fingerprint density at radius 3 is 2.38 bits per heavy atom. The van der Waals surface area contributed by atoms with Crippen molar-refractivity contribution in [2.24, 2.45) is 0 Å². The fourth-order valence-corrected chi connectivity index (χ4v) is 3.77. The third kappa shape index (κ3) is 5.15. The fourth-order valence-electron chi connectivity index (χ4n) is 3.49. The smallest absolute Gasteiger partial charge is 0.270 e. The highest BCUT2D eigenvalue weighted by molar-refractivity contribution is 7.80. The Morgan fingerprint density at radius 1 is 0.941 bits per heavy atom. The predicted octanol–water partition coefficient (Wildman–Crippen LogP) is 4.80. The highest BCUT2D eigenvalue weighted by Gasteiger charge is 2.34. The summed E-state index contributed by atoms with van der Waals surface area (Å²) in [7, 11) is 0. The first kappa shape index (κ1) is 23.2. The number of carbonyl (C=O) groups excluding carboxylic acids is 2. The van der Waals surface area contributed by atoms with Crippen LogP contribution in [-0.4, -0.2) is 23.5 Å². The number of thiocarbonyl (C=S) groups is 1. The van der Waals surface area contributed by atoms with E-state index in [1.54, 1.807) is 30.3 Å². The van der Waals surface area contributed by atoms with Crippen LogP contribution < -0.4 is 19.7 Å². The molecule has 0 aliphatic carbocycles. The molecule has 0 bridgehead atoms. The number of ether oxygens (including phenoxy) is 2. The van der Waals surface area contributed by atoms with Gasteiger partial charge in [-0.2, -0.15) is 0 Å². The summed E-state index contributed by atoms with van der Waals surface area (Å²) in [6.45, 7) is 4.67. The van der Waals surface area contributed by atoms with Gasteiger partial charge in [0, 0.05) is 0 Å². The van der Waals surface area contributed by atoms with E-state index in [2.05, 4.69) is 5.32 Å². The molecule has 172 valence electrons. The zero-order chi connectivity index (χ0) is 24.1. The molecule has 1 aliphatic rings. The Hall–Kier alpha value is -3.97. The van der Waals surface area contributed by atoms with Crippen LogP contribution in [-0.2, 0) is 16.2 Å². The van der Waals surface area contributed by atoms with E-state index in [-0.39, 0.29) is 10.7 Å². The van der Waals surface area contributed by atoms with Crippen LogP contribution >= 0.6 is 12.2 Å². The van der Waals surface area contributed by atoms with Gasteiger partial charge in [0.2, 0.25) is 0 Å². The largest absolute Gasteiger partial charge is 0.490 e. The molecule has 3 aromatic rings. The monoisotopic (exact) mass is 472 g/mol. The minimum absolute atomic E-state index is 0.0189. The van der Waals surface area contributed by atoms with Crippen molar-refractivity contribution >= 4 is 40.9 Å². The van der Waals surface area contributed by atoms with Crippen molar-refractivity contribution in [2.75, 3.05) is 11.5 Å². The summed E-state index contributed by atoms with van der Waals surface area (Å²) in [5.74, 6) is 0.0813. The lowest BCUT2D eigenvalue weighted by Gasteiger charge is -2.29. The van der Waals surface area contributed by atoms with Crippen molar-refractivity contribution in [1.29, 1.82) is 0 Å². The predicted molar refractivity (Wildman–Crippen MR) is 136 cm³/mol. The van der Waals surface area contributed by atoms with E-state index >= 15 is 0 Å². The van der Waals surface area contributed by atoms with Gasteiger partial charge >= 0.3 is 0 Å². The Balaban J connectivity index is 1.61. The summed E-state index contributed by atoms with van der Waals surface area (Å²) in [6.07, 6.45) is 1.53. The van der Waals surface area contributed by atoms with Gasteiger partial charge < -0.3 is 9.47 Å². The van der Waals surface area contributed by atoms with Crippen LogP contribution in [0.5, 0.6) is 11.5 Å². The summed E-state index contributed by atoms with van der Waals surface area (Å²) in [5.41, 5.74) is 3.29. The molecule has 0 radical (unpaired) electrons. The van der Waals surface area contributed by atoms with E-state index in [4.69, 9.17) is 21.7 Å². The summed E-state index contributed by atoms with van der Waals surface area (Å²) in [5, 5.41) is 2.66. The number of rotatable bonds is 7. The number of hydrogen-bond acceptors (Lipinski definition) is 5. The van der Waals surface area contributed by atoms with E-state index in [9.17, 15) is 9.59 Å². The van der Waals surface area contributed by atoms with Gasteiger partial charge in [-0.1, -0.05) is 54.1 Å². The lowest BCUT2D eigenvalue weighted by atomic mass is 10.1. The molecular formula is C27H24N2O4S. The molecule has 1 saturated heterocycles. The molecule has 3 aromatic carbocycles. The topological polar surface area (TPSA) is 67.9 Å². The Kier molecular flexibility index (Phi) is 7.04. The lowest BCUT2D eigenvalue weighted by Crippen LogP contribution is -2.54. The molecule has 2 amide bonds. The maximum absolute atomic E-state index is 13.2. The molecular weight excluding hydrogens is 448 g/mol. The van der Waals surface area contributed by atoms with Crippen LogP contribution in [0.15, 0.2) is 78.4 Å². The van der Waals surface area contributed by atoms with Crippen molar-refractivity contribution in [3.05, 3.63) is 95.1 Å². The first-order chi connectivity index (χ1) is 16.5. The first-order valence-corrected chi connectivity index (χ1v) is 11.3. The third-order valence-electron chi connectivity index (χ3n) is 5.21. The summed E-state index contributed by atoms with van der Waals surface area (Å²) in [4.78, 5) is 27.2. The van der Waals surface area contributed by atoms with Gasteiger partial charge in [-0.15, -0.1) is 0 Å². The molecule has 1 heterocycles. The average Bonchev–Trinajstić information content (AvgIpc) is 2.83. The van der Waals surface area contributed by atoms with Crippen LogP contribution in [0.2, 0.25) is 0 Å². The number of nitrogens with one attached hydrogen (secondary N) is 1. The number of aryl methyl sites for hydroxylation is 1. The number of carbonyl (C=O) groups is 2. The summed E-state index contributed by atoms with van der Waals surface area (Å²) >= 11 is 5.26. The number of amides is 2. The number of hydrogen-bond donors (Lipinski definition) is 1. The molecule has 0 spiro atoms. The van der Waals surface area contributed by atoms with Crippen LogP contribution in [0, 0.1) is 6.92 Å². The zero-order valence-electron chi connectivity index (χ0n) is 18.9. The van der Waals surface area contributed by atoms with Gasteiger partial charge in [-0.3, -0.25) is 19.8 Å². The second-order valence-corrected chi connectivity index (χ2v) is 8.09. The van der Waals surface area contributed by atoms with Gasteiger partial charge in [0.05, 0.1) is 12.3 Å². The van der Waals surface area contributed by atoms with E-state index in [0.717, 1.165) is 11.1 Å². The quantitative estimate of drug-likeness (QED) is 0.304. The van der Waals surface area contributed by atoms with Crippen molar-refractivity contribution in [1.82, 2.24) is 5.32 Å². The van der Waals surface area contributed by atoms with Crippen molar-refractivity contribution in [3.63, 3.8) is 0 Å². The lowest BCUT2D eigenvalue weighted by molar-refractivity contribution is -0.122. The molecule has 1 N–H and O–H groups in total. The van der Waals surface area contributed by atoms with Gasteiger partial charge in [-0.25, -0.2) is 0 Å². The molecule has 34 heavy (non-hydrogen) atoms. The molecule has 0 atom stereocenters. The zero-order valence-corrected chi connectivity index (χ0v) is 19.7. The molecule has 1 aliphatic heterocycles. The molecule has 6 nitrogen and oxygen atoms in total. The highest BCUT2D eigenvalue weighted by Crippen LogP contribution is 2.31. The van der Waals surface area contributed by atoms with E-state index in [1.165, 1.54) is 11.0 Å². The Labute approximate surface area is 203 Å². The van der Waals surface area contributed by atoms with Crippen molar-refractivity contribution in [3.8, 4) is 11.5 Å². The van der Waals surface area contributed by atoms with Gasteiger partial charge in [-0.05, 0) is 67.5 Å². The molecule has 1 fully saturated rings. The van der Waals surface area contributed by atoms with Crippen LogP contribution in [0.25, 0.3) is 6.08 Å². The third-order valence-corrected chi connectivity index (χ3v) is 5.49. The maximum atomic E-state index is 13.2. The standard InChI is InChI=1S/C27H24N2O4S/c1-3-32-24-16-20(11-14-23(24)33-17-19-7-5-4-6-8-19)15-22-25(30)28-27(34)29(26(22)31)21-12-9-18(2)10-13-21/h4-16H,3,17H2,1-2H3,(H,28,30,34)/b22-15-. The summed E-state index contributed by atoms with van der Waals surface area (Å²) in [6, 6.07) is 22.5. The van der Waals surface area contributed by atoms with E-state index in [1.807, 2.05) is 56.3 Å². The van der Waals surface area contributed by atoms with Crippen molar-refractivity contribution in [2.45, 2.75) is 20.5 Å². The number of nitrogens with zero attached hydrogens (tertiary/aromatic N) is 1. The number of benzene rings is 3. The second kappa shape index (κ2) is 10.3. The number of anilines is 1. The second-order valence-electron chi connectivity index (χ2n) is 7.71. The van der Waals surface area contributed by atoms with Crippen molar-refractivity contribution < 1.29 is 19.1 Å². The van der Waals surface area contributed by atoms with Gasteiger partial charge in [0.1, 0.15) is 12.2 Å². The minimum atomic E-state index is -0.541. The van der Waals surface area contributed by atoms with Crippen LogP contribution in [0.3, 0.4) is 0 Å². The molecule has 0 saturated carbocycles. The Bertz CT molecular complexity index is 1250. The van der Waals surface area contributed by atoms with Gasteiger partial charge in [0.15, 0.2) is 16.6 Å². The molecule has 4 rings (SSSR count). The van der Waals surface area contributed by atoms with E-state index < -0.39 is 11.8 Å². The molecule has 7 heteroatoms. The fraction of sp³-hybridized carbons (Fsp3) is 0.148. The average molecular weight is 473 g/mol. The van der Waals surface area contributed by atoms with E-state index in [0.29, 0.717) is 36.0 Å². The SMILES string of the molecule is CCOc1cc(/C=C2/C(=O)NC(=S)N(c3ccc(C)cc3)C2=O)ccc1OCc1ccccc1. The van der Waals surface area contributed by atoms with Crippen LogP contribution in [0.4, 0.5) is 5.69 Å². The summed E-state index contributed by atoms with van der Waals surface area (Å²) < 4.78 is 11.7. The highest BCUT2D eigenvalue weighted by atomic mass is 32.1.